The Kier molecular flexibility index (Phi) is 5.50. The highest BCUT2D eigenvalue weighted by molar-refractivity contribution is 5.26. The number of alkyl halides is 3. The molecule has 0 radical (unpaired) electrons. The number of rotatable bonds is 7. The molecule has 0 bridgehead atoms. The van der Waals surface area contributed by atoms with Gasteiger partial charge in [0.2, 0.25) is 0 Å². The van der Waals surface area contributed by atoms with E-state index in [1.54, 1.807) is 6.07 Å². The van der Waals surface area contributed by atoms with E-state index in [1.807, 2.05) is 12.3 Å². The van der Waals surface area contributed by atoms with E-state index in [0.29, 0.717) is 18.2 Å². The SMILES string of the molecule is Cc1ccc(C[NH+](Cc2cccn2Cc2cccc(C(F)(F)F)c2)C2CC2)cc1. The molecule has 1 atom stereocenters. The lowest BCUT2D eigenvalue weighted by Crippen LogP contribution is -3.10. The van der Waals surface area contributed by atoms with Gasteiger partial charge in [0, 0.05) is 31.1 Å². The summed E-state index contributed by atoms with van der Waals surface area (Å²) in [6.45, 7) is 4.40. The normalized spacial score (nSPS) is 15.4. The van der Waals surface area contributed by atoms with Crippen molar-refractivity contribution in [1.29, 1.82) is 0 Å². The molecule has 1 heterocycles. The second-order valence-electron chi connectivity index (χ2n) is 8.10. The van der Waals surface area contributed by atoms with Crippen molar-refractivity contribution in [2.45, 2.75) is 51.6 Å². The van der Waals surface area contributed by atoms with E-state index in [2.05, 4.69) is 41.8 Å². The Morgan fingerprint density at radius 1 is 0.931 bits per heavy atom. The Morgan fingerprint density at radius 2 is 1.69 bits per heavy atom. The second-order valence-corrected chi connectivity index (χ2v) is 8.10. The summed E-state index contributed by atoms with van der Waals surface area (Å²) in [5.41, 5.74) is 3.83. The van der Waals surface area contributed by atoms with Crippen LogP contribution in [0.1, 0.15) is 40.8 Å². The highest BCUT2D eigenvalue weighted by atomic mass is 19.4. The first kappa shape index (κ1) is 19.8. The van der Waals surface area contributed by atoms with Gasteiger partial charge in [-0.15, -0.1) is 0 Å². The number of hydrogen-bond acceptors (Lipinski definition) is 0. The molecule has 29 heavy (non-hydrogen) atoms. The molecule has 1 aromatic heterocycles. The Labute approximate surface area is 169 Å². The number of quaternary nitrogens is 1. The Balaban J connectivity index is 1.49. The van der Waals surface area contributed by atoms with Gasteiger partial charge in [-0.1, -0.05) is 42.0 Å². The topological polar surface area (TPSA) is 9.37 Å². The van der Waals surface area contributed by atoms with Crippen molar-refractivity contribution in [3.05, 3.63) is 94.8 Å². The molecular weight excluding hydrogens is 373 g/mol. The number of aromatic nitrogens is 1. The molecule has 152 valence electrons. The predicted octanol–water partition coefficient (Wildman–Crippen LogP) is 4.61. The number of halogens is 3. The molecule has 1 fully saturated rings. The third-order valence-corrected chi connectivity index (χ3v) is 5.65. The molecule has 3 aromatic rings. The maximum Gasteiger partial charge on any atom is 0.416 e. The van der Waals surface area contributed by atoms with Crippen LogP contribution in [-0.4, -0.2) is 10.6 Å². The molecule has 0 aliphatic heterocycles. The molecule has 1 aliphatic rings. The van der Waals surface area contributed by atoms with Crippen molar-refractivity contribution < 1.29 is 18.1 Å². The smallest absolute Gasteiger partial charge is 0.342 e. The molecule has 0 amide bonds. The fraction of sp³-hybridized carbons (Fsp3) is 0.333. The second kappa shape index (κ2) is 8.07. The largest absolute Gasteiger partial charge is 0.416 e. The number of hydrogen-bond donors (Lipinski definition) is 1. The summed E-state index contributed by atoms with van der Waals surface area (Å²) in [7, 11) is 0. The highest BCUT2D eigenvalue weighted by Crippen LogP contribution is 2.29. The van der Waals surface area contributed by atoms with Crippen molar-refractivity contribution in [3.8, 4) is 0 Å². The van der Waals surface area contributed by atoms with Gasteiger partial charge in [0.15, 0.2) is 0 Å². The molecule has 1 unspecified atom stereocenters. The molecule has 4 rings (SSSR count). The molecule has 2 aromatic carbocycles. The first-order valence-corrected chi connectivity index (χ1v) is 10.1. The van der Waals surface area contributed by atoms with Crippen LogP contribution in [0.2, 0.25) is 0 Å². The summed E-state index contributed by atoms with van der Waals surface area (Å²) < 4.78 is 41.1. The molecule has 5 heteroatoms. The van der Waals surface area contributed by atoms with Gasteiger partial charge in [-0.25, -0.2) is 0 Å². The molecule has 2 nitrogen and oxygen atoms in total. The van der Waals surface area contributed by atoms with E-state index in [-0.39, 0.29) is 0 Å². The standard InChI is InChI=1S/C24H25F3N2/c1-18-7-9-19(10-8-18)15-29(22-11-12-22)17-23-6-3-13-28(23)16-20-4-2-5-21(14-20)24(25,26)27/h2-10,13-14,22H,11-12,15-17H2,1H3/p+1. The number of aryl methyl sites for hydroxylation is 1. The molecule has 0 saturated heterocycles. The Morgan fingerprint density at radius 3 is 2.38 bits per heavy atom. The number of benzene rings is 2. The summed E-state index contributed by atoms with van der Waals surface area (Å²) in [4.78, 5) is 1.53. The third-order valence-electron chi connectivity index (χ3n) is 5.65. The monoisotopic (exact) mass is 399 g/mol. The third kappa shape index (κ3) is 5.10. The minimum absolute atomic E-state index is 0.453. The van der Waals surface area contributed by atoms with Gasteiger partial charge in [-0.3, -0.25) is 0 Å². The van der Waals surface area contributed by atoms with Gasteiger partial charge >= 0.3 is 6.18 Å². The van der Waals surface area contributed by atoms with E-state index in [1.165, 1.54) is 41.0 Å². The van der Waals surface area contributed by atoms with Crippen LogP contribution in [0.4, 0.5) is 13.2 Å². The molecule has 1 saturated carbocycles. The lowest BCUT2D eigenvalue weighted by atomic mass is 10.1. The van der Waals surface area contributed by atoms with Gasteiger partial charge in [0.1, 0.15) is 13.1 Å². The van der Waals surface area contributed by atoms with Crippen LogP contribution in [0.3, 0.4) is 0 Å². The van der Waals surface area contributed by atoms with Gasteiger partial charge in [0.05, 0.1) is 17.3 Å². The van der Waals surface area contributed by atoms with Gasteiger partial charge in [-0.05, 0) is 36.8 Å². The average Bonchev–Trinajstić information content (AvgIpc) is 3.44. The van der Waals surface area contributed by atoms with E-state index in [0.717, 1.165) is 24.8 Å². The van der Waals surface area contributed by atoms with Crippen LogP contribution in [0, 0.1) is 6.92 Å². The van der Waals surface area contributed by atoms with Crippen molar-refractivity contribution >= 4 is 0 Å². The molecular formula is C24H26F3N2+. The van der Waals surface area contributed by atoms with E-state index in [9.17, 15) is 13.2 Å². The number of nitrogens with zero attached hydrogens (tertiary/aromatic N) is 1. The van der Waals surface area contributed by atoms with Crippen LogP contribution in [0.5, 0.6) is 0 Å². The lowest BCUT2D eigenvalue weighted by Gasteiger charge is -2.21. The minimum Gasteiger partial charge on any atom is -0.342 e. The summed E-state index contributed by atoms with van der Waals surface area (Å²) >= 11 is 0. The van der Waals surface area contributed by atoms with Gasteiger partial charge in [0.25, 0.3) is 0 Å². The highest BCUT2D eigenvalue weighted by Gasteiger charge is 2.34. The summed E-state index contributed by atoms with van der Waals surface area (Å²) in [6.07, 6.45) is 0.146. The van der Waals surface area contributed by atoms with E-state index in [4.69, 9.17) is 0 Å². The number of nitrogens with one attached hydrogen (secondary N) is 1. The summed E-state index contributed by atoms with van der Waals surface area (Å²) in [5.74, 6) is 0. The lowest BCUT2D eigenvalue weighted by molar-refractivity contribution is -0.938. The first-order valence-electron chi connectivity index (χ1n) is 10.1. The molecule has 0 spiro atoms. The van der Waals surface area contributed by atoms with Crippen LogP contribution >= 0.6 is 0 Å². The van der Waals surface area contributed by atoms with Crippen molar-refractivity contribution in [3.63, 3.8) is 0 Å². The predicted molar refractivity (Wildman–Crippen MR) is 108 cm³/mol. The van der Waals surface area contributed by atoms with Crippen LogP contribution in [0.25, 0.3) is 0 Å². The van der Waals surface area contributed by atoms with E-state index < -0.39 is 11.7 Å². The minimum atomic E-state index is -4.31. The zero-order chi connectivity index (χ0) is 20.4. The quantitative estimate of drug-likeness (QED) is 0.594. The van der Waals surface area contributed by atoms with Crippen LogP contribution in [-0.2, 0) is 25.8 Å². The zero-order valence-electron chi connectivity index (χ0n) is 16.5. The van der Waals surface area contributed by atoms with Crippen molar-refractivity contribution in [1.82, 2.24) is 4.57 Å². The molecule has 1 aliphatic carbocycles. The average molecular weight is 399 g/mol. The van der Waals surface area contributed by atoms with Crippen molar-refractivity contribution in [2.24, 2.45) is 0 Å². The first-order chi connectivity index (χ1) is 13.9. The summed E-state index contributed by atoms with van der Waals surface area (Å²) in [6, 6.07) is 19.1. The fourth-order valence-electron chi connectivity index (χ4n) is 3.85. The Hall–Kier alpha value is -2.53. The maximum absolute atomic E-state index is 13.0. The van der Waals surface area contributed by atoms with Gasteiger partial charge < -0.3 is 9.47 Å². The van der Waals surface area contributed by atoms with Crippen molar-refractivity contribution in [2.75, 3.05) is 0 Å². The molecule has 1 N–H and O–H groups in total. The Bertz CT molecular complexity index is 953. The zero-order valence-corrected chi connectivity index (χ0v) is 16.5. The maximum atomic E-state index is 13.0. The fourth-order valence-corrected chi connectivity index (χ4v) is 3.85. The van der Waals surface area contributed by atoms with Gasteiger partial charge in [-0.2, -0.15) is 13.2 Å². The summed E-state index contributed by atoms with van der Waals surface area (Å²) in [5, 5.41) is 0. The van der Waals surface area contributed by atoms with Crippen LogP contribution in [0.15, 0.2) is 66.9 Å². The van der Waals surface area contributed by atoms with Crippen LogP contribution < -0.4 is 4.90 Å². The van der Waals surface area contributed by atoms with E-state index >= 15 is 0 Å².